The average Bonchev–Trinajstić information content (AvgIpc) is 2.46. The van der Waals surface area contributed by atoms with Gasteiger partial charge >= 0.3 is 0 Å². The molecule has 0 atom stereocenters. The molecule has 3 N–H and O–H groups in total. The van der Waals surface area contributed by atoms with Gasteiger partial charge in [-0.3, -0.25) is 4.79 Å². The van der Waals surface area contributed by atoms with Crippen molar-refractivity contribution in [1.29, 1.82) is 0 Å². The average molecular weight is 307 g/mol. The number of hydrogen-bond donors (Lipinski definition) is 2. The van der Waals surface area contributed by atoms with Gasteiger partial charge in [-0.15, -0.1) is 0 Å². The summed E-state index contributed by atoms with van der Waals surface area (Å²) in [6.45, 7) is 0. The summed E-state index contributed by atoms with van der Waals surface area (Å²) in [6.07, 6.45) is 0. The minimum atomic E-state index is -0.355. The van der Waals surface area contributed by atoms with Crippen LogP contribution in [0.1, 0.15) is 10.4 Å². The number of ether oxygens (including phenoxy) is 2. The Labute approximate surface area is 127 Å². The van der Waals surface area contributed by atoms with E-state index >= 15 is 0 Å². The summed E-state index contributed by atoms with van der Waals surface area (Å²) < 4.78 is 10.3. The van der Waals surface area contributed by atoms with E-state index in [-0.39, 0.29) is 10.9 Å². The summed E-state index contributed by atoms with van der Waals surface area (Å²) in [5, 5.41) is 3.03. The molecular formula is C15H15ClN2O3. The molecule has 0 aliphatic rings. The number of benzene rings is 2. The van der Waals surface area contributed by atoms with E-state index in [2.05, 4.69) is 5.32 Å². The van der Waals surface area contributed by atoms with Gasteiger partial charge in [-0.1, -0.05) is 11.6 Å². The summed E-state index contributed by atoms with van der Waals surface area (Å²) in [5.41, 5.74) is 6.93. The van der Waals surface area contributed by atoms with E-state index < -0.39 is 0 Å². The highest BCUT2D eigenvalue weighted by Gasteiger charge is 2.14. The third kappa shape index (κ3) is 3.38. The van der Waals surface area contributed by atoms with Gasteiger partial charge in [0.2, 0.25) is 0 Å². The number of nitrogens with one attached hydrogen (secondary N) is 1. The molecule has 2 aromatic rings. The van der Waals surface area contributed by atoms with Gasteiger partial charge in [0.05, 0.1) is 30.5 Å². The molecule has 0 aromatic heterocycles. The number of nitrogen functional groups attached to an aromatic ring is 1. The fraction of sp³-hybridized carbons (Fsp3) is 0.133. The van der Waals surface area contributed by atoms with Crippen LogP contribution in [0.25, 0.3) is 0 Å². The molecule has 0 radical (unpaired) electrons. The van der Waals surface area contributed by atoms with E-state index in [4.69, 9.17) is 26.8 Å². The number of carbonyl (C=O) groups is 1. The van der Waals surface area contributed by atoms with Crippen molar-refractivity contribution in [1.82, 2.24) is 0 Å². The molecule has 5 nitrogen and oxygen atoms in total. The second-order valence-corrected chi connectivity index (χ2v) is 4.67. The van der Waals surface area contributed by atoms with Crippen molar-refractivity contribution in [3.8, 4) is 11.5 Å². The molecule has 0 spiro atoms. The molecule has 2 aromatic carbocycles. The molecule has 6 heteroatoms. The Balaban J connectivity index is 2.30. The fourth-order valence-electron chi connectivity index (χ4n) is 1.82. The third-order valence-electron chi connectivity index (χ3n) is 2.89. The summed E-state index contributed by atoms with van der Waals surface area (Å²) in [6, 6.07) is 9.83. The summed E-state index contributed by atoms with van der Waals surface area (Å²) >= 11 is 6.03. The standard InChI is InChI=1S/C15H15ClN2O3/c1-20-10-4-6-14(21-2)13(8-10)18-15(19)11-5-3-9(17)7-12(11)16/h3-8H,17H2,1-2H3,(H,18,19). The quantitative estimate of drug-likeness (QED) is 0.851. The second kappa shape index (κ2) is 6.37. The van der Waals surface area contributed by atoms with E-state index in [0.717, 1.165) is 0 Å². The molecule has 0 aliphatic heterocycles. The number of rotatable bonds is 4. The number of hydrogen-bond acceptors (Lipinski definition) is 4. The Kier molecular flexibility index (Phi) is 4.55. The molecule has 0 heterocycles. The van der Waals surface area contributed by atoms with E-state index in [9.17, 15) is 4.79 Å². The van der Waals surface area contributed by atoms with Crippen LogP contribution < -0.4 is 20.5 Å². The molecule has 0 fully saturated rings. The predicted octanol–water partition coefficient (Wildman–Crippen LogP) is 3.19. The fourth-order valence-corrected chi connectivity index (χ4v) is 2.09. The second-order valence-electron chi connectivity index (χ2n) is 4.26. The SMILES string of the molecule is COc1ccc(OC)c(NC(=O)c2ccc(N)cc2Cl)c1. The molecule has 0 saturated heterocycles. The summed E-state index contributed by atoms with van der Waals surface area (Å²) in [5.74, 6) is 0.775. The molecule has 0 bridgehead atoms. The molecule has 110 valence electrons. The first-order chi connectivity index (χ1) is 10.0. The smallest absolute Gasteiger partial charge is 0.257 e. The van der Waals surface area contributed by atoms with Crippen LogP contribution >= 0.6 is 11.6 Å². The lowest BCUT2D eigenvalue weighted by molar-refractivity contribution is 0.102. The largest absolute Gasteiger partial charge is 0.497 e. The number of amides is 1. The Hall–Kier alpha value is -2.40. The van der Waals surface area contributed by atoms with Gasteiger partial charge in [0.1, 0.15) is 11.5 Å². The lowest BCUT2D eigenvalue weighted by Gasteiger charge is -2.12. The lowest BCUT2D eigenvalue weighted by Crippen LogP contribution is -2.13. The first kappa shape index (κ1) is 15.0. The van der Waals surface area contributed by atoms with Gasteiger partial charge in [0.25, 0.3) is 5.91 Å². The predicted molar refractivity (Wildman–Crippen MR) is 83.4 cm³/mol. The molecule has 0 saturated carbocycles. The number of carbonyl (C=O) groups excluding carboxylic acids is 1. The van der Waals surface area contributed by atoms with E-state index in [1.165, 1.54) is 13.2 Å². The van der Waals surface area contributed by atoms with Crippen LogP contribution in [0.3, 0.4) is 0 Å². The zero-order valence-electron chi connectivity index (χ0n) is 11.6. The van der Waals surface area contributed by atoms with E-state index in [0.29, 0.717) is 28.4 Å². The molecule has 1 amide bonds. The Bertz CT molecular complexity index is 674. The van der Waals surface area contributed by atoms with Crippen molar-refractivity contribution in [2.75, 3.05) is 25.3 Å². The molecule has 2 rings (SSSR count). The van der Waals surface area contributed by atoms with Gasteiger partial charge in [0.15, 0.2) is 0 Å². The maximum atomic E-state index is 12.3. The highest BCUT2D eigenvalue weighted by atomic mass is 35.5. The number of methoxy groups -OCH3 is 2. The van der Waals surface area contributed by atoms with Crippen molar-refractivity contribution in [2.45, 2.75) is 0 Å². The van der Waals surface area contributed by atoms with E-state index in [1.54, 1.807) is 37.4 Å². The van der Waals surface area contributed by atoms with Crippen LogP contribution in [0.15, 0.2) is 36.4 Å². The Morgan fingerprint density at radius 2 is 1.90 bits per heavy atom. The first-order valence-corrected chi connectivity index (χ1v) is 6.51. The maximum Gasteiger partial charge on any atom is 0.257 e. The van der Waals surface area contributed by atoms with Crippen molar-refractivity contribution in [3.05, 3.63) is 47.0 Å². The number of halogens is 1. The number of anilines is 2. The first-order valence-electron chi connectivity index (χ1n) is 6.13. The zero-order valence-corrected chi connectivity index (χ0v) is 12.4. The lowest BCUT2D eigenvalue weighted by atomic mass is 10.2. The summed E-state index contributed by atoms with van der Waals surface area (Å²) in [4.78, 5) is 12.3. The molecule has 21 heavy (non-hydrogen) atoms. The van der Waals surface area contributed by atoms with Crippen LogP contribution in [-0.4, -0.2) is 20.1 Å². The van der Waals surface area contributed by atoms with Gasteiger partial charge in [-0.05, 0) is 30.3 Å². The number of nitrogens with two attached hydrogens (primary N) is 1. The van der Waals surface area contributed by atoms with Crippen LogP contribution in [0, 0.1) is 0 Å². The van der Waals surface area contributed by atoms with Gasteiger partial charge < -0.3 is 20.5 Å². The molecule has 0 unspecified atom stereocenters. The highest BCUT2D eigenvalue weighted by Crippen LogP contribution is 2.30. The molecular weight excluding hydrogens is 292 g/mol. The minimum Gasteiger partial charge on any atom is -0.497 e. The maximum absolute atomic E-state index is 12.3. The van der Waals surface area contributed by atoms with Gasteiger partial charge in [-0.2, -0.15) is 0 Å². The highest BCUT2D eigenvalue weighted by molar-refractivity contribution is 6.34. The van der Waals surface area contributed by atoms with Gasteiger partial charge in [-0.25, -0.2) is 0 Å². The minimum absolute atomic E-state index is 0.286. The van der Waals surface area contributed by atoms with Crippen molar-refractivity contribution in [3.63, 3.8) is 0 Å². The Morgan fingerprint density at radius 1 is 1.14 bits per heavy atom. The van der Waals surface area contributed by atoms with Gasteiger partial charge in [0, 0.05) is 11.8 Å². The van der Waals surface area contributed by atoms with Crippen LogP contribution in [-0.2, 0) is 0 Å². The van der Waals surface area contributed by atoms with Crippen LogP contribution in [0.2, 0.25) is 5.02 Å². The normalized spacial score (nSPS) is 10.0. The van der Waals surface area contributed by atoms with Crippen molar-refractivity contribution < 1.29 is 14.3 Å². The monoisotopic (exact) mass is 306 g/mol. The zero-order chi connectivity index (χ0) is 15.4. The molecule has 0 aliphatic carbocycles. The topological polar surface area (TPSA) is 73.6 Å². The Morgan fingerprint density at radius 3 is 2.52 bits per heavy atom. The van der Waals surface area contributed by atoms with E-state index in [1.807, 2.05) is 0 Å². The third-order valence-corrected chi connectivity index (χ3v) is 3.21. The van der Waals surface area contributed by atoms with Crippen LogP contribution in [0.5, 0.6) is 11.5 Å². The van der Waals surface area contributed by atoms with Crippen molar-refractivity contribution in [2.24, 2.45) is 0 Å². The van der Waals surface area contributed by atoms with Crippen molar-refractivity contribution >= 4 is 28.9 Å². The summed E-state index contributed by atoms with van der Waals surface area (Å²) in [7, 11) is 3.07. The van der Waals surface area contributed by atoms with Crippen LogP contribution in [0.4, 0.5) is 11.4 Å².